The lowest BCUT2D eigenvalue weighted by Gasteiger charge is -2.23. The number of rotatable bonds is 16. The first-order valence-electron chi connectivity index (χ1n) is 10.9. The molecule has 0 aromatic rings. The van der Waals surface area contributed by atoms with Gasteiger partial charge >= 0.3 is 11.9 Å². The molecule has 0 bridgehead atoms. The summed E-state index contributed by atoms with van der Waals surface area (Å²) in [4.78, 5) is 70.8. The molecule has 0 aromatic carbocycles. The average molecular weight is 489 g/mol. The van der Waals surface area contributed by atoms with Crippen LogP contribution in [0.2, 0.25) is 0 Å². The number of nitrogens with two attached hydrogens (primary N) is 2. The Morgan fingerprint density at radius 3 is 1.68 bits per heavy atom. The second kappa shape index (κ2) is 15.6. The van der Waals surface area contributed by atoms with Crippen LogP contribution in [-0.4, -0.2) is 82.5 Å². The Kier molecular flexibility index (Phi) is 14.1. The fourth-order valence-corrected chi connectivity index (χ4v) is 2.62. The molecule has 4 amide bonds. The lowest BCUT2D eigenvalue weighted by Crippen LogP contribution is -2.56. The first kappa shape index (κ1) is 30.7. The van der Waals surface area contributed by atoms with Crippen LogP contribution in [0.15, 0.2) is 0 Å². The smallest absolute Gasteiger partial charge is 0.325 e. The topological polar surface area (TPSA) is 243 Å². The summed E-state index contributed by atoms with van der Waals surface area (Å²) >= 11 is 0. The van der Waals surface area contributed by atoms with Crippen LogP contribution in [0.25, 0.3) is 0 Å². The number of carboxylic acids is 2. The van der Waals surface area contributed by atoms with Crippen LogP contribution in [0.4, 0.5) is 0 Å². The van der Waals surface area contributed by atoms with E-state index in [1.54, 1.807) is 0 Å². The van der Waals surface area contributed by atoms with Gasteiger partial charge in [0.25, 0.3) is 0 Å². The molecule has 0 aliphatic rings. The van der Waals surface area contributed by atoms with Gasteiger partial charge in [0, 0.05) is 6.42 Å². The van der Waals surface area contributed by atoms with Crippen LogP contribution in [0.1, 0.15) is 52.9 Å². The Hall–Kier alpha value is -3.26. The van der Waals surface area contributed by atoms with Crippen LogP contribution < -0.4 is 32.7 Å². The van der Waals surface area contributed by atoms with Crippen LogP contribution in [0, 0.1) is 0 Å². The van der Waals surface area contributed by atoms with Crippen molar-refractivity contribution in [2.45, 2.75) is 83.1 Å². The largest absolute Gasteiger partial charge is 0.480 e. The van der Waals surface area contributed by atoms with Gasteiger partial charge in [-0.15, -0.1) is 0 Å². The number of carbonyl (C=O) groups excluding carboxylic acids is 4. The maximum absolute atomic E-state index is 12.7. The molecule has 34 heavy (non-hydrogen) atoms. The summed E-state index contributed by atoms with van der Waals surface area (Å²) in [6, 6.07) is -5.49. The highest BCUT2D eigenvalue weighted by Gasteiger charge is 2.27. The van der Waals surface area contributed by atoms with Gasteiger partial charge in [0.15, 0.2) is 0 Å². The van der Waals surface area contributed by atoms with Crippen molar-refractivity contribution in [3.8, 4) is 0 Å². The highest BCUT2D eigenvalue weighted by molar-refractivity contribution is 5.94. The first-order valence-corrected chi connectivity index (χ1v) is 10.9. The third kappa shape index (κ3) is 12.1. The molecule has 0 aliphatic heterocycles. The molecule has 0 radical (unpaired) electrons. The number of aliphatic carboxylic acids is 2. The zero-order valence-corrected chi connectivity index (χ0v) is 19.6. The van der Waals surface area contributed by atoms with E-state index in [4.69, 9.17) is 21.7 Å². The Morgan fingerprint density at radius 1 is 0.706 bits per heavy atom. The van der Waals surface area contributed by atoms with Gasteiger partial charge < -0.3 is 42.9 Å². The summed E-state index contributed by atoms with van der Waals surface area (Å²) in [5.41, 5.74) is 10.8. The maximum atomic E-state index is 12.7. The minimum Gasteiger partial charge on any atom is -0.480 e. The number of carboxylic acid groups (broad SMARTS) is 2. The SMILES string of the molecule is C[C@H](NC(=O)[C@H](C)NC(=O)[C@@H](C)NC(=O)[C@H](CCCCN)NC(=O)CCC(N)C(=O)O)C(=O)O. The van der Waals surface area contributed by atoms with E-state index >= 15 is 0 Å². The maximum Gasteiger partial charge on any atom is 0.325 e. The van der Waals surface area contributed by atoms with Gasteiger partial charge in [-0.2, -0.15) is 0 Å². The van der Waals surface area contributed by atoms with E-state index in [9.17, 15) is 28.8 Å². The monoisotopic (exact) mass is 488 g/mol. The van der Waals surface area contributed by atoms with Gasteiger partial charge in [0.2, 0.25) is 23.6 Å². The molecule has 0 aliphatic carbocycles. The highest BCUT2D eigenvalue weighted by atomic mass is 16.4. The van der Waals surface area contributed by atoms with Crippen molar-refractivity contribution in [2.24, 2.45) is 11.5 Å². The van der Waals surface area contributed by atoms with Gasteiger partial charge in [-0.25, -0.2) is 0 Å². The zero-order chi connectivity index (χ0) is 26.4. The molecule has 14 heteroatoms. The van der Waals surface area contributed by atoms with Crippen LogP contribution in [0.5, 0.6) is 0 Å². The van der Waals surface area contributed by atoms with Crippen LogP contribution in [0.3, 0.4) is 0 Å². The third-order valence-electron chi connectivity index (χ3n) is 4.83. The van der Waals surface area contributed by atoms with E-state index in [1.807, 2.05) is 0 Å². The first-order chi connectivity index (χ1) is 15.8. The summed E-state index contributed by atoms with van der Waals surface area (Å²) in [5, 5.41) is 27.2. The number of nitrogens with one attached hydrogen (secondary N) is 4. The Bertz CT molecular complexity index is 747. The summed E-state index contributed by atoms with van der Waals surface area (Å²) < 4.78 is 0. The Morgan fingerprint density at radius 2 is 1.21 bits per heavy atom. The van der Waals surface area contributed by atoms with Gasteiger partial charge in [-0.3, -0.25) is 28.8 Å². The van der Waals surface area contributed by atoms with Crippen molar-refractivity contribution in [1.29, 1.82) is 0 Å². The van der Waals surface area contributed by atoms with Crippen molar-refractivity contribution in [1.82, 2.24) is 21.3 Å². The second-order valence-electron chi connectivity index (χ2n) is 7.92. The fourth-order valence-electron chi connectivity index (χ4n) is 2.62. The molecule has 0 heterocycles. The van der Waals surface area contributed by atoms with Gasteiger partial charge in [0.1, 0.15) is 30.2 Å². The quantitative estimate of drug-likeness (QED) is 0.105. The fraction of sp³-hybridized carbons (Fsp3) is 0.700. The molecule has 5 atom stereocenters. The summed E-state index contributed by atoms with van der Waals surface area (Å²) in [7, 11) is 0. The van der Waals surface area contributed by atoms with E-state index in [2.05, 4.69) is 21.3 Å². The minimum absolute atomic E-state index is 0.114. The second-order valence-corrected chi connectivity index (χ2v) is 7.92. The molecule has 1 unspecified atom stereocenters. The molecule has 194 valence electrons. The minimum atomic E-state index is -1.25. The molecule has 0 fully saturated rings. The van der Waals surface area contributed by atoms with Crippen LogP contribution >= 0.6 is 0 Å². The Balaban J connectivity index is 4.94. The molecule has 10 N–H and O–H groups in total. The molecule has 0 saturated carbocycles. The third-order valence-corrected chi connectivity index (χ3v) is 4.83. The summed E-state index contributed by atoms with van der Waals surface area (Å²) in [6.07, 6.45) is 1.03. The normalized spacial score (nSPS) is 15.1. The molecular formula is C20H36N6O8. The van der Waals surface area contributed by atoms with Crippen molar-refractivity contribution in [2.75, 3.05) is 6.54 Å². The van der Waals surface area contributed by atoms with E-state index in [1.165, 1.54) is 20.8 Å². The predicted molar refractivity (Wildman–Crippen MR) is 120 cm³/mol. The van der Waals surface area contributed by atoms with Crippen molar-refractivity contribution >= 4 is 35.6 Å². The molecule has 14 nitrogen and oxygen atoms in total. The predicted octanol–water partition coefficient (Wildman–Crippen LogP) is -2.61. The number of carbonyl (C=O) groups is 6. The molecule has 0 spiro atoms. The zero-order valence-electron chi connectivity index (χ0n) is 19.6. The number of hydrogen-bond acceptors (Lipinski definition) is 8. The highest BCUT2D eigenvalue weighted by Crippen LogP contribution is 2.04. The summed E-state index contributed by atoms with van der Waals surface area (Å²) in [6.45, 7) is 4.39. The van der Waals surface area contributed by atoms with E-state index < -0.39 is 65.8 Å². The summed E-state index contributed by atoms with van der Waals surface area (Å²) in [5.74, 6) is -5.11. The van der Waals surface area contributed by atoms with Gasteiger partial charge in [-0.05, 0) is 53.0 Å². The van der Waals surface area contributed by atoms with Crippen molar-refractivity contribution < 1.29 is 39.0 Å². The van der Waals surface area contributed by atoms with Crippen LogP contribution in [-0.2, 0) is 28.8 Å². The van der Waals surface area contributed by atoms with Crippen molar-refractivity contribution in [3.63, 3.8) is 0 Å². The number of hydrogen-bond donors (Lipinski definition) is 8. The molecule has 0 rings (SSSR count). The Labute approximate surface area is 197 Å². The standard InChI is InChI=1S/C20H36N6O8/c1-10(17(29)25-12(3)19(31)32)23-16(28)11(2)24-18(30)14(6-4-5-9-21)26-15(27)8-7-13(22)20(33)34/h10-14H,4-9,21-22H2,1-3H3,(H,23,28)(H,24,30)(H,25,29)(H,26,27)(H,31,32)(H,33,34)/t10-,11+,12-,13?,14-/m0/s1. The van der Waals surface area contributed by atoms with E-state index in [0.29, 0.717) is 19.4 Å². The van der Waals surface area contributed by atoms with E-state index in [0.717, 1.165) is 0 Å². The number of amides is 4. The van der Waals surface area contributed by atoms with E-state index in [-0.39, 0.29) is 19.3 Å². The molecule has 0 saturated heterocycles. The molecule has 0 aromatic heterocycles. The lowest BCUT2D eigenvalue weighted by atomic mass is 10.1. The van der Waals surface area contributed by atoms with Gasteiger partial charge in [0.05, 0.1) is 0 Å². The lowest BCUT2D eigenvalue weighted by molar-refractivity contribution is -0.141. The van der Waals surface area contributed by atoms with Gasteiger partial charge in [-0.1, -0.05) is 0 Å². The average Bonchev–Trinajstić information content (AvgIpc) is 2.76. The van der Waals surface area contributed by atoms with Crippen molar-refractivity contribution in [3.05, 3.63) is 0 Å². The number of unbranched alkanes of at least 4 members (excludes halogenated alkanes) is 1. The molecular weight excluding hydrogens is 452 g/mol.